The lowest BCUT2D eigenvalue weighted by atomic mass is 9.74. The van der Waals surface area contributed by atoms with Crippen molar-refractivity contribution in [1.29, 1.82) is 0 Å². The van der Waals surface area contributed by atoms with Gasteiger partial charge in [0.05, 0.1) is 10.5 Å². The van der Waals surface area contributed by atoms with E-state index in [4.69, 9.17) is 5.11 Å². The third-order valence-corrected chi connectivity index (χ3v) is 11.3. The van der Waals surface area contributed by atoms with Crippen molar-refractivity contribution in [3.05, 3.63) is 100 Å². The summed E-state index contributed by atoms with van der Waals surface area (Å²) < 4.78 is 137. The molecule has 0 saturated heterocycles. The molecule has 240 valence electrons. The highest BCUT2D eigenvalue weighted by Crippen LogP contribution is 2.59. The highest BCUT2D eigenvalue weighted by atomic mass is 32.2. The molecule has 0 unspecified atom stereocenters. The van der Waals surface area contributed by atoms with Crippen LogP contribution in [0.25, 0.3) is 0 Å². The predicted octanol–water partition coefficient (Wildman–Crippen LogP) is 6.64. The summed E-state index contributed by atoms with van der Waals surface area (Å²) in [5, 5.41) is 11.8. The first kappa shape index (κ1) is 32.4. The lowest BCUT2D eigenvalue weighted by Gasteiger charge is -2.43. The van der Waals surface area contributed by atoms with Crippen molar-refractivity contribution in [2.45, 2.75) is 59.4 Å². The molecule has 15 heteroatoms. The van der Waals surface area contributed by atoms with Gasteiger partial charge in [-0.05, 0) is 85.3 Å². The number of halogens is 8. The van der Waals surface area contributed by atoms with Crippen LogP contribution in [0.3, 0.4) is 0 Å². The Kier molecular flexibility index (Phi) is 7.78. The zero-order valence-corrected chi connectivity index (χ0v) is 23.7. The Hall–Kier alpha value is -4.01. The standard InChI is InChI=1S/C30H23F8NO5S/c31-20-7-9-21(10-8-20)45(43,44)27-14-13-24(39-25(40)16-1-3-17(4-2-16)26(41)42)23(27)11-5-18-15-19(6-12-22(18)27)28(32,29(33,34)35)30(36,37)38/h1-4,6-10,12,15,23-24H,5,11,13-14H2,(H,39,40)(H,41,42)/t23-,24+,27+/m0/s1. The number of hydrogen-bond acceptors (Lipinski definition) is 4. The van der Waals surface area contributed by atoms with Gasteiger partial charge in [0, 0.05) is 23.1 Å². The molecule has 0 aromatic heterocycles. The number of carboxylic acid groups (broad SMARTS) is 1. The molecule has 0 heterocycles. The van der Waals surface area contributed by atoms with Crippen molar-refractivity contribution in [2.24, 2.45) is 5.92 Å². The maximum absolute atomic E-state index is 15.0. The number of amides is 1. The molecule has 2 aliphatic rings. The number of carbonyl (C=O) groups excluding carboxylic acids is 1. The maximum atomic E-state index is 15.0. The van der Waals surface area contributed by atoms with Crippen LogP contribution in [0.4, 0.5) is 35.1 Å². The number of carbonyl (C=O) groups is 2. The molecule has 1 saturated carbocycles. The first-order chi connectivity index (χ1) is 20.8. The zero-order valence-electron chi connectivity index (χ0n) is 22.8. The quantitative estimate of drug-likeness (QED) is 0.228. The minimum Gasteiger partial charge on any atom is -0.478 e. The van der Waals surface area contributed by atoms with Gasteiger partial charge in [0.25, 0.3) is 5.91 Å². The Morgan fingerprint density at radius 3 is 1.96 bits per heavy atom. The molecule has 0 radical (unpaired) electrons. The predicted molar refractivity (Wildman–Crippen MR) is 142 cm³/mol. The first-order valence-corrected chi connectivity index (χ1v) is 14.9. The number of hydrogen-bond donors (Lipinski definition) is 2. The van der Waals surface area contributed by atoms with E-state index in [2.05, 4.69) is 5.32 Å². The Labute approximate surface area is 251 Å². The Morgan fingerprint density at radius 2 is 1.40 bits per heavy atom. The molecule has 3 atom stereocenters. The fraction of sp³-hybridized carbons (Fsp3) is 0.333. The molecule has 3 aromatic rings. The van der Waals surface area contributed by atoms with E-state index in [1.165, 1.54) is 24.3 Å². The molecule has 0 bridgehead atoms. The zero-order chi connectivity index (χ0) is 33.2. The summed E-state index contributed by atoms with van der Waals surface area (Å²) in [6.45, 7) is 0. The number of aryl methyl sites for hydroxylation is 1. The minimum absolute atomic E-state index is 0.0172. The lowest BCUT2D eigenvalue weighted by Crippen LogP contribution is -2.51. The molecular weight excluding hydrogens is 638 g/mol. The van der Waals surface area contributed by atoms with Crippen molar-refractivity contribution in [3.8, 4) is 0 Å². The average molecular weight is 662 g/mol. The third kappa shape index (κ3) is 5.04. The van der Waals surface area contributed by atoms with E-state index in [1.54, 1.807) is 0 Å². The van der Waals surface area contributed by atoms with Crippen LogP contribution in [0, 0.1) is 11.7 Å². The minimum atomic E-state index is -6.38. The topological polar surface area (TPSA) is 101 Å². The number of carboxylic acids is 1. The van der Waals surface area contributed by atoms with Gasteiger partial charge in [-0.25, -0.2) is 22.0 Å². The Bertz CT molecular complexity index is 1740. The van der Waals surface area contributed by atoms with Crippen LogP contribution >= 0.6 is 0 Å². The normalized spacial score (nSPS) is 22.0. The van der Waals surface area contributed by atoms with E-state index in [-0.39, 0.29) is 58.9 Å². The molecule has 0 aliphatic heterocycles. The molecule has 5 rings (SSSR count). The molecular formula is C30H23F8NO5S. The number of nitrogens with one attached hydrogen (secondary N) is 1. The van der Waals surface area contributed by atoms with Crippen LogP contribution in [0.5, 0.6) is 0 Å². The van der Waals surface area contributed by atoms with Crippen molar-refractivity contribution >= 4 is 21.7 Å². The van der Waals surface area contributed by atoms with Crippen molar-refractivity contribution in [3.63, 3.8) is 0 Å². The van der Waals surface area contributed by atoms with Gasteiger partial charge in [0.15, 0.2) is 9.84 Å². The molecule has 1 amide bonds. The van der Waals surface area contributed by atoms with Gasteiger partial charge in [-0.15, -0.1) is 0 Å². The van der Waals surface area contributed by atoms with Crippen LogP contribution < -0.4 is 5.32 Å². The summed E-state index contributed by atoms with van der Waals surface area (Å²) in [6, 6.07) is 9.18. The van der Waals surface area contributed by atoms with Crippen LogP contribution in [0.15, 0.2) is 71.6 Å². The molecule has 45 heavy (non-hydrogen) atoms. The van der Waals surface area contributed by atoms with Crippen LogP contribution in [0.1, 0.15) is 56.7 Å². The van der Waals surface area contributed by atoms with E-state index >= 15 is 0 Å². The smallest absolute Gasteiger partial charge is 0.435 e. The molecule has 3 aromatic carbocycles. The molecule has 2 N–H and O–H groups in total. The fourth-order valence-electron chi connectivity index (χ4n) is 6.57. The van der Waals surface area contributed by atoms with E-state index < -0.39 is 67.8 Å². The summed E-state index contributed by atoms with van der Waals surface area (Å²) in [5.74, 6) is -3.62. The molecule has 1 fully saturated rings. The number of alkyl halides is 7. The number of sulfone groups is 1. The Morgan fingerprint density at radius 1 is 0.822 bits per heavy atom. The summed E-state index contributed by atoms with van der Waals surface area (Å²) >= 11 is 0. The van der Waals surface area contributed by atoms with Gasteiger partial charge in [0.1, 0.15) is 10.6 Å². The summed E-state index contributed by atoms with van der Waals surface area (Å²) in [4.78, 5) is 23.9. The second kappa shape index (κ2) is 10.8. The second-order valence-corrected chi connectivity index (χ2v) is 13.2. The van der Waals surface area contributed by atoms with Gasteiger partial charge < -0.3 is 10.4 Å². The summed E-state index contributed by atoms with van der Waals surface area (Å²) in [7, 11) is -4.57. The van der Waals surface area contributed by atoms with E-state index in [1.807, 2.05) is 0 Å². The molecule has 6 nitrogen and oxygen atoms in total. The van der Waals surface area contributed by atoms with Gasteiger partial charge in [-0.2, -0.15) is 26.3 Å². The van der Waals surface area contributed by atoms with Gasteiger partial charge in [-0.1, -0.05) is 18.2 Å². The summed E-state index contributed by atoms with van der Waals surface area (Å²) in [5.41, 5.74) is -7.88. The molecule has 0 spiro atoms. The second-order valence-electron chi connectivity index (χ2n) is 11.0. The fourth-order valence-corrected chi connectivity index (χ4v) is 9.04. The average Bonchev–Trinajstić information content (AvgIpc) is 3.35. The van der Waals surface area contributed by atoms with Crippen molar-refractivity contribution in [1.82, 2.24) is 5.32 Å². The Balaban J connectivity index is 1.61. The van der Waals surface area contributed by atoms with Gasteiger partial charge in [-0.3, -0.25) is 4.79 Å². The van der Waals surface area contributed by atoms with Crippen LogP contribution in [-0.2, 0) is 26.7 Å². The first-order valence-electron chi connectivity index (χ1n) is 13.5. The molecule has 2 aliphatic carbocycles. The largest absolute Gasteiger partial charge is 0.478 e. The van der Waals surface area contributed by atoms with E-state index in [0.29, 0.717) is 6.07 Å². The van der Waals surface area contributed by atoms with E-state index in [0.717, 1.165) is 30.3 Å². The number of aromatic carboxylic acids is 1. The van der Waals surface area contributed by atoms with Crippen LogP contribution in [-0.4, -0.2) is 43.8 Å². The maximum Gasteiger partial charge on any atom is 0.435 e. The number of benzene rings is 3. The third-order valence-electron chi connectivity index (χ3n) is 8.69. The van der Waals surface area contributed by atoms with Crippen molar-refractivity contribution in [2.75, 3.05) is 0 Å². The van der Waals surface area contributed by atoms with Crippen LogP contribution in [0.2, 0.25) is 0 Å². The number of fused-ring (bicyclic) bond motifs is 3. The summed E-state index contributed by atoms with van der Waals surface area (Å²) in [6.07, 6.45) is -13.3. The number of rotatable bonds is 6. The van der Waals surface area contributed by atoms with Gasteiger partial charge >= 0.3 is 24.0 Å². The monoisotopic (exact) mass is 661 g/mol. The van der Waals surface area contributed by atoms with Crippen molar-refractivity contribution < 1.29 is 58.2 Å². The van der Waals surface area contributed by atoms with Gasteiger partial charge in [0.2, 0.25) is 0 Å². The SMILES string of the molecule is O=C(O)c1ccc(C(=O)N[C@@H]2CC[C@@]3(S(=O)(=O)c4ccc(F)cc4)c4ccc(C(F)(C(F)(F)F)C(F)(F)F)cc4CC[C@@H]23)cc1. The lowest BCUT2D eigenvalue weighted by molar-refractivity contribution is -0.348. The highest BCUT2D eigenvalue weighted by molar-refractivity contribution is 7.92. The van der Waals surface area contributed by atoms with E-state index in [9.17, 15) is 53.1 Å². The highest BCUT2D eigenvalue weighted by Gasteiger charge is 2.73.